The van der Waals surface area contributed by atoms with Gasteiger partial charge in [-0.15, -0.1) is 0 Å². The molecule has 0 spiro atoms. The van der Waals surface area contributed by atoms with Crippen LogP contribution in [0.3, 0.4) is 0 Å². The van der Waals surface area contributed by atoms with Gasteiger partial charge in [0.15, 0.2) is 0 Å². The minimum Gasteiger partial charge on any atom is -0.288 e. The number of aromatic nitrogens is 2. The summed E-state index contributed by atoms with van der Waals surface area (Å²) in [6, 6.07) is 17.7. The maximum absolute atomic E-state index is 12.8. The van der Waals surface area contributed by atoms with E-state index in [0.717, 1.165) is 28.1 Å². The van der Waals surface area contributed by atoms with E-state index in [4.69, 9.17) is 0 Å². The van der Waals surface area contributed by atoms with Gasteiger partial charge in [0.25, 0.3) is 0 Å². The largest absolute Gasteiger partial charge is 0.288 e. The second-order valence-corrected chi connectivity index (χ2v) is 7.10. The van der Waals surface area contributed by atoms with Crippen LogP contribution in [0, 0.1) is 39.0 Å². The zero-order valence-electron chi connectivity index (χ0n) is 16.7. The van der Waals surface area contributed by atoms with Gasteiger partial charge in [-0.2, -0.15) is 10.4 Å². The lowest BCUT2D eigenvalue weighted by Crippen LogP contribution is -2.04. The topological polar surface area (TPSA) is 58.7 Å². The van der Waals surface area contributed by atoms with Gasteiger partial charge in [-0.3, -0.25) is 9.48 Å². The lowest BCUT2D eigenvalue weighted by atomic mass is 10.00. The summed E-state index contributed by atoms with van der Waals surface area (Å²) in [5, 5.41) is 14.2. The number of ketones is 1. The van der Waals surface area contributed by atoms with Crippen LogP contribution in [-0.4, -0.2) is 15.6 Å². The molecule has 28 heavy (non-hydrogen) atoms. The summed E-state index contributed by atoms with van der Waals surface area (Å²) < 4.78 is 1.91. The number of hydrogen-bond acceptors (Lipinski definition) is 3. The summed E-state index contributed by atoms with van der Waals surface area (Å²) in [5.74, 6) is -0.267. The number of hydrogen-bond donors (Lipinski definition) is 0. The molecule has 0 N–H and O–H groups in total. The van der Waals surface area contributed by atoms with Gasteiger partial charge >= 0.3 is 0 Å². The molecule has 0 aliphatic heterocycles. The third kappa shape index (κ3) is 4.10. The Hall–Kier alpha value is -3.45. The van der Waals surface area contributed by atoms with Crippen LogP contribution in [0.2, 0.25) is 0 Å². The fraction of sp³-hybridized carbons (Fsp3) is 0.208. The number of nitrogens with zero attached hydrogens (tertiary/aromatic N) is 3. The Balaban J connectivity index is 1.94. The van der Waals surface area contributed by atoms with Crippen molar-refractivity contribution in [1.82, 2.24) is 9.78 Å². The zero-order chi connectivity index (χ0) is 20.3. The van der Waals surface area contributed by atoms with Crippen LogP contribution >= 0.6 is 0 Å². The highest BCUT2D eigenvalue weighted by Crippen LogP contribution is 2.20. The van der Waals surface area contributed by atoms with Crippen molar-refractivity contribution in [2.24, 2.45) is 0 Å². The predicted octanol–water partition coefficient (Wildman–Crippen LogP) is 4.95. The van der Waals surface area contributed by atoms with E-state index in [1.807, 2.05) is 37.6 Å². The summed E-state index contributed by atoms with van der Waals surface area (Å²) in [7, 11) is 0. The fourth-order valence-electron chi connectivity index (χ4n) is 3.17. The summed E-state index contributed by atoms with van der Waals surface area (Å²) in [5.41, 5.74) is 6.56. The average molecular weight is 369 g/mol. The highest BCUT2D eigenvalue weighted by molar-refractivity contribution is 6.14. The molecule has 0 saturated heterocycles. The van der Waals surface area contributed by atoms with Crippen LogP contribution in [0.5, 0.6) is 0 Å². The van der Waals surface area contributed by atoms with Gasteiger partial charge in [-0.05, 0) is 45.4 Å². The Morgan fingerprint density at radius 3 is 2.43 bits per heavy atom. The van der Waals surface area contributed by atoms with E-state index in [0.29, 0.717) is 12.1 Å². The molecule has 0 radical (unpaired) electrons. The molecular formula is C24H23N3O. The number of nitriles is 1. The molecule has 0 aliphatic rings. The average Bonchev–Trinajstić information content (AvgIpc) is 2.94. The summed E-state index contributed by atoms with van der Waals surface area (Å²) in [6.45, 7) is 8.50. The van der Waals surface area contributed by atoms with E-state index in [2.05, 4.69) is 42.4 Å². The molecule has 140 valence electrons. The number of benzene rings is 2. The van der Waals surface area contributed by atoms with E-state index in [1.54, 1.807) is 18.2 Å². The zero-order valence-corrected chi connectivity index (χ0v) is 16.7. The number of carbonyl (C=O) groups excluding carboxylic acids is 1. The van der Waals surface area contributed by atoms with Gasteiger partial charge in [0.2, 0.25) is 5.78 Å². The second kappa shape index (κ2) is 8.06. The van der Waals surface area contributed by atoms with E-state index in [9.17, 15) is 10.1 Å². The number of allylic oxidation sites excluding steroid dienone is 1. The van der Waals surface area contributed by atoms with Crippen molar-refractivity contribution in [3.8, 4) is 6.07 Å². The van der Waals surface area contributed by atoms with Crippen molar-refractivity contribution in [2.75, 3.05) is 0 Å². The first-order valence-electron chi connectivity index (χ1n) is 9.21. The number of rotatable bonds is 5. The molecule has 0 saturated carbocycles. The minimum absolute atomic E-state index is 0.117. The molecule has 3 aromatic rings. The Kier molecular flexibility index (Phi) is 5.56. The molecule has 4 heteroatoms. The molecule has 0 aliphatic carbocycles. The molecule has 0 unspecified atom stereocenters. The quantitative estimate of drug-likeness (QED) is 0.363. The van der Waals surface area contributed by atoms with Crippen LogP contribution in [0.4, 0.5) is 0 Å². The molecule has 1 heterocycles. The van der Waals surface area contributed by atoms with Gasteiger partial charge < -0.3 is 0 Å². The first-order chi connectivity index (χ1) is 13.4. The lowest BCUT2D eigenvalue weighted by Gasteiger charge is -2.06. The molecule has 3 rings (SSSR count). The van der Waals surface area contributed by atoms with Crippen molar-refractivity contribution in [3.05, 3.63) is 93.3 Å². The van der Waals surface area contributed by atoms with Crippen molar-refractivity contribution in [3.63, 3.8) is 0 Å². The number of aryl methyl sites for hydroxylation is 3. The van der Waals surface area contributed by atoms with Crippen LogP contribution in [0.1, 0.15) is 44.0 Å². The van der Waals surface area contributed by atoms with Gasteiger partial charge in [0.05, 0.1) is 12.2 Å². The van der Waals surface area contributed by atoms with Crippen molar-refractivity contribution >= 4 is 11.9 Å². The van der Waals surface area contributed by atoms with Crippen LogP contribution in [-0.2, 0) is 6.54 Å². The highest BCUT2D eigenvalue weighted by atomic mass is 16.1. The standard InChI is InChI=1S/C24H23N3O/c1-16-8-10-20(11-9-16)15-27-19(4)23(18(3)26-27)13-22(14-25)24(28)21-7-5-6-17(2)12-21/h5-13H,15H2,1-4H3/b22-13+. The summed E-state index contributed by atoms with van der Waals surface area (Å²) in [6.07, 6.45) is 1.66. The van der Waals surface area contributed by atoms with E-state index >= 15 is 0 Å². The van der Waals surface area contributed by atoms with Crippen molar-refractivity contribution < 1.29 is 4.79 Å². The SMILES string of the molecule is Cc1ccc(Cn2nc(C)c(/C=C(\C#N)C(=O)c3cccc(C)c3)c2C)cc1. The first-order valence-corrected chi connectivity index (χ1v) is 9.21. The van der Waals surface area contributed by atoms with E-state index in [1.165, 1.54) is 5.56 Å². The van der Waals surface area contributed by atoms with Gasteiger partial charge in [0, 0.05) is 16.8 Å². The molecule has 1 aromatic heterocycles. The third-order valence-electron chi connectivity index (χ3n) is 4.82. The molecule has 0 amide bonds. The van der Waals surface area contributed by atoms with E-state index in [-0.39, 0.29) is 11.4 Å². The van der Waals surface area contributed by atoms with E-state index < -0.39 is 0 Å². The smallest absolute Gasteiger partial charge is 0.203 e. The van der Waals surface area contributed by atoms with Gasteiger partial charge in [-0.1, -0.05) is 53.6 Å². The summed E-state index contributed by atoms with van der Waals surface area (Å²) >= 11 is 0. The van der Waals surface area contributed by atoms with Crippen LogP contribution in [0.15, 0.2) is 54.1 Å². The fourth-order valence-corrected chi connectivity index (χ4v) is 3.17. The monoisotopic (exact) mass is 369 g/mol. The van der Waals surface area contributed by atoms with Crippen molar-refractivity contribution in [2.45, 2.75) is 34.2 Å². The predicted molar refractivity (Wildman–Crippen MR) is 111 cm³/mol. The number of Topliss-reactive ketones (excluding diaryl/α,β-unsaturated/α-hetero) is 1. The molecule has 2 aromatic carbocycles. The maximum atomic E-state index is 12.8. The molecule has 0 bridgehead atoms. The Bertz CT molecular complexity index is 1100. The van der Waals surface area contributed by atoms with Crippen LogP contribution < -0.4 is 0 Å². The molecular weight excluding hydrogens is 346 g/mol. The molecule has 0 fully saturated rings. The van der Waals surface area contributed by atoms with Gasteiger partial charge in [0.1, 0.15) is 11.6 Å². The van der Waals surface area contributed by atoms with Crippen LogP contribution in [0.25, 0.3) is 6.08 Å². The number of carbonyl (C=O) groups is 1. The Morgan fingerprint density at radius 2 is 1.79 bits per heavy atom. The Labute approximate surface area is 165 Å². The van der Waals surface area contributed by atoms with Crippen molar-refractivity contribution in [1.29, 1.82) is 5.26 Å². The second-order valence-electron chi connectivity index (χ2n) is 7.10. The Morgan fingerprint density at radius 1 is 1.07 bits per heavy atom. The third-order valence-corrected chi connectivity index (χ3v) is 4.82. The highest BCUT2D eigenvalue weighted by Gasteiger charge is 2.16. The maximum Gasteiger partial charge on any atom is 0.203 e. The molecule has 0 atom stereocenters. The van der Waals surface area contributed by atoms with Gasteiger partial charge in [-0.25, -0.2) is 0 Å². The molecule has 4 nitrogen and oxygen atoms in total. The lowest BCUT2D eigenvalue weighted by molar-refractivity contribution is 0.104. The minimum atomic E-state index is -0.267. The summed E-state index contributed by atoms with van der Waals surface area (Å²) in [4.78, 5) is 12.8. The normalized spacial score (nSPS) is 11.3. The first kappa shape index (κ1) is 19.3.